The van der Waals surface area contributed by atoms with Gasteiger partial charge in [0.15, 0.2) is 5.13 Å². The Morgan fingerprint density at radius 1 is 1.15 bits per heavy atom. The van der Waals surface area contributed by atoms with Gasteiger partial charge in [-0.05, 0) is 79.9 Å². The number of halogens is 2. The van der Waals surface area contributed by atoms with Gasteiger partial charge in [-0.1, -0.05) is 29.5 Å². The van der Waals surface area contributed by atoms with Gasteiger partial charge in [0, 0.05) is 16.7 Å². The van der Waals surface area contributed by atoms with E-state index in [1.54, 1.807) is 11.3 Å². The average Bonchev–Trinajstić information content (AvgIpc) is 2.99. The van der Waals surface area contributed by atoms with Gasteiger partial charge in [-0.25, -0.2) is 4.98 Å². The largest absolute Gasteiger partial charge is 0.308 e. The van der Waals surface area contributed by atoms with E-state index in [9.17, 15) is 4.79 Å². The van der Waals surface area contributed by atoms with Gasteiger partial charge in [0.1, 0.15) is 0 Å². The van der Waals surface area contributed by atoms with E-state index < -0.39 is 0 Å². The first-order chi connectivity index (χ1) is 12.4. The third-order valence-electron chi connectivity index (χ3n) is 4.17. The van der Waals surface area contributed by atoms with Crippen LogP contribution >= 0.6 is 46.3 Å². The number of carbonyl (C=O) groups excluding carboxylic acids is 1. The van der Waals surface area contributed by atoms with Gasteiger partial charge in [0.25, 0.3) is 5.91 Å². The fourth-order valence-electron chi connectivity index (χ4n) is 2.84. The molecule has 7 heteroatoms. The molecule has 1 heterocycles. The minimum absolute atomic E-state index is 0. The molecule has 0 radical (unpaired) electrons. The molecule has 2 aromatic carbocycles. The second-order valence-corrected chi connectivity index (χ2v) is 8.84. The summed E-state index contributed by atoms with van der Waals surface area (Å²) in [6, 6.07) is 12.0. The maximum absolute atomic E-state index is 13.3. The Morgan fingerprint density at radius 2 is 1.85 bits per heavy atom. The summed E-state index contributed by atoms with van der Waals surface area (Å²) in [5, 5.41) is 0.764. The van der Waals surface area contributed by atoms with Gasteiger partial charge in [-0.2, -0.15) is 0 Å². The van der Waals surface area contributed by atoms with Crippen LogP contribution in [-0.4, -0.2) is 43.0 Å². The second kappa shape index (κ2) is 9.32. The van der Waals surface area contributed by atoms with Gasteiger partial charge in [-0.15, -0.1) is 12.4 Å². The van der Waals surface area contributed by atoms with Gasteiger partial charge < -0.3 is 4.90 Å². The lowest BCUT2D eigenvalue weighted by molar-refractivity contribution is 0.0984. The van der Waals surface area contributed by atoms with Crippen molar-refractivity contribution in [2.75, 3.05) is 32.1 Å². The molecule has 0 spiro atoms. The first-order valence-corrected chi connectivity index (χ1v) is 10.3. The molecular weight excluding hydrogens is 493 g/mol. The topological polar surface area (TPSA) is 36.4 Å². The minimum Gasteiger partial charge on any atom is -0.308 e. The molecule has 4 nitrogen and oxygen atoms in total. The van der Waals surface area contributed by atoms with Gasteiger partial charge >= 0.3 is 0 Å². The molecule has 144 valence electrons. The fraction of sp³-hybridized carbons (Fsp3) is 0.300. The van der Waals surface area contributed by atoms with Gasteiger partial charge in [0.05, 0.1) is 15.8 Å². The number of hydrogen-bond donors (Lipinski definition) is 0. The highest BCUT2D eigenvalue weighted by atomic mass is 127. The fourth-order valence-corrected chi connectivity index (χ4v) is 4.62. The number of amides is 1. The summed E-state index contributed by atoms with van der Waals surface area (Å²) >= 11 is 3.81. The van der Waals surface area contributed by atoms with E-state index in [0.29, 0.717) is 6.54 Å². The van der Waals surface area contributed by atoms with E-state index in [4.69, 9.17) is 4.98 Å². The summed E-state index contributed by atoms with van der Waals surface area (Å²) in [6.07, 6.45) is 0. The summed E-state index contributed by atoms with van der Waals surface area (Å²) < 4.78 is 2.08. The van der Waals surface area contributed by atoms with Crippen LogP contribution in [0.4, 0.5) is 5.13 Å². The number of hydrogen-bond acceptors (Lipinski definition) is 4. The molecule has 0 aliphatic carbocycles. The Labute approximate surface area is 184 Å². The zero-order valence-electron chi connectivity index (χ0n) is 15.8. The number of aryl methyl sites for hydroxylation is 2. The monoisotopic (exact) mass is 515 g/mol. The predicted molar refractivity (Wildman–Crippen MR) is 126 cm³/mol. The predicted octanol–water partition coefficient (Wildman–Crippen LogP) is 5.15. The van der Waals surface area contributed by atoms with Gasteiger partial charge in [-0.3, -0.25) is 9.69 Å². The molecule has 0 N–H and O–H groups in total. The lowest BCUT2D eigenvalue weighted by Gasteiger charge is -2.22. The maximum atomic E-state index is 13.3. The summed E-state index contributed by atoms with van der Waals surface area (Å²) in [4.78, 5) is 22.0. The van der Waals surface area contributed by atoms with E-state index >= 15 is 0 Å². The molecule has 3 aromatic rings. The van der Waals surface area contributed by atoms with Crippen LogP contribution in [0.5, 0.6) is 0 Å². The highest BCUT2D eigenvalue weighted by Crippen LogP contribution is 2.32. The lowest BCUT2D eigenvalue weighted by atomic mass is 10.1. The minimum atomic E-state index is 0. The second-order valence-electron chi connectivity index (χ2n) is 6.66. The molecule has 0 aliphatic rings. The Morgan fingerprint density at radius 3 is 2.52 bits per heavy atom. The van der Waals surface area contributed by atoms with Crippen molar-refractivity contribution < 1.29 is 4.79 Å². The van der Waals surface area contributed by atoms with Crippen molar-refractivity contribution in [1.29, 1.82) is 0 Å². The van der Waals surface area contributed by atoms with Crippen LogP contribution in [0.2, 0.25) is 0 Å². The van der Waals surface area contributed by atoms with E-state index in [1.807, 2.05) is 43.3 Å². The molecule has 0 bridgehead atoms. The third kappa shape index (κ3) is 4.99. The summed E-state index contributed by atoms with van der Waals surface area (Å²) in [6.45, 7) is 5.55. The van der Waals surface area contributed by atoms with Crippen molar-refractivity contribution in [3.63, 3.8) is 0 Å². The Balaban J connectivity index is 0.00000261. The number of rotatable bonds is 5. The summed E-state index contributed by atoms with van der Waals surface area (Å²) in [7, 11) is 4.03. The molecule has 0 fully saturated rings. The Hall–Kier alpha value is -1.22. The number of anilines is 1. The summed E-state index contributed by atoms with van der Waals surface area (Å²) in [5.74, 6) is 0.00489. The number of likely N-dealkylation sites (N-methyl/N-ethyl adjacent to an activating group) is 1. The molecule has 0 atom stereocenters. The zero-order valence-corrected chi connectivity index (χ0v) is 19.6. The van der Waals surface area contributed by atoms with Crippen molar-refractivity contribution in [2.45, 2.75) is 13.8 Å². The SMILES string of the molecule is Cc1cc(C)c2nc(N(CCN(C)C)C(=O)c3ccccc3I)sc2c1.Cl. The lowest BCUT2D eigenvalue weighted by Crippen LogP contribution is -2.37. The highest BCUT2D eigenvalue weighted by Gasteiger charge is 2.23. The molecule has 0 unspecified atom stereocenters. The van der Waals surface area contributed by atoms with Crippen molar-refractivity contribution in [1.82, 2.24) is 9.88 Å². The number of benzene rings is 2. The standard InChI is InChI=1S/C20H22IN3OS.ClH/c1-13-11-14(2)18-17(12-13)26-20(22-18)24(10-9-23(3)4)19(25)15-7-5-6-8-16(15)21;/h5-8,11-12H,9-10H2,1-4H3;1H. The number of fused-ring (bicyclic) bond motifs is 1. The quantitative estimate of drug-likeness (QED) is 0.441. The van der Waals surface area contributed by atoms with Crippen LogP contribution in [0.25, 0.3) is 10.2 Å². The van der Waals surface area contributed by atoms with Crippen molar-refractivity contribution >= 4 is 67.6 Å². The van der Waals surface area contributed by atoms with Crippen LogP contribution in [0, 0.1) is 17.4 Å². The molecule has 3 rings (SSSR count). The number of carbonyl (C=O) groups is 1. The van der Waals surface area contributed by atoms with E-state index in [0.717, 1.165) is 36.6 Å². The van der Waals surface area contributed by atoms with Crippen molar-refractivity contribution in [3.8, 4) is 0 Å². The smallest absolute Gasteiger partial charge is 0.261 e. The first-order valence-electron chi connectivity index (χ1n) is 8.45. The van der Waals surface area contributed by atoms with E-state index in [1.165, 1.54) is 5.56 Å². The van der Waals surface area contributed by atoms with Crippen LogP contribution in [0.3, 0.4) is 0 Å². The van der Waals surface area contributed by atoms with Crippen molar-refractivity contribution in [2.24, 2.45) is 0 Å². The molecule has 0 aliphatic heterocycles. The molecule has 1 amide bonds. The maximum Gasteiger partial charge on any atom is 0.261 e. The Kier molecular flexibility index (Phi) is 7.62. The summed E-state index contributed by atoms with van der Waals surface area (Å²) in [5.41, 5.74) is 4.07. The number of nitrogens with zero attached hydrogens (tertiary/aromatic N) is 3. The van der Waals surface area contributed by atoms with Crippen LogP contribution < -0.4 is 4.90 Å². The van der Waals surface area contributed by atoms with Crippen molar-refractivity contribution in [3.05, 3.63) is 56.7 Å². The first kappa shape index (κ1) is 22.1. The Bertz CT molecular complexity index is 958. The zero-order chi connectivity index (χ0) is 18.8. The van der Waals surface area contributed by atoms with E-state index in [2.05, 4.69) is 53.5 Å². The number of thiazole rings is 1. The molecule has 0 saturated heterocycles. The molecular formula is C20H23ClIN3OS. The normalized spacial score (nSPS) is 10.9. The average molecular weight is 516 g/mol. The number of aromatic nitrogens is 1. The van der Waals surface area contributed by atoms with Crippen LogP contribution in [0.15, 0.2) is 36.4 Å². The van der Waals surface area contributed by atoms with Crippen LogP contribution in [0.1, 0.15) is 21.5 Å². The third-order valence-corrected chi connectivity index (χ3v) is 6.14. The molecule has 0 saturated carbocycles. The van der Waals surface area contributed by atoms with Crippen LogP contribution in [-0.2, 0) is 0 Å². The molecule has 27 heavy (non-hydrogen) atoms. The molecule has 1 aromatic heterocycles. The highest BCUT2D eigenvalue weighted by molar-refractivity contribution is 14.1. The van der Waals surface area contributed by atoms with Gasteiger partial charge in [0.2, 0.25) is 0 Å². The van der Waals surface area contributed by atoms with E-state index in [-0.39, 0.29) is 18.3 Å².